The van der Waals surface area contributed by atoms with Crippen molar-refractivity contribution in [2.45, 2.75) is 52.7 Å². The number of aryl methyl sites for hydroxylation is 1. The van der Waals surface area contributed by atoms with Crippen molar-refractivity contribution in [1.82, 2.24) is 0 Å². The van der Waals surface area contributed by atoms with Crippen molar-refractivity contribution in [3.63, 3.8) is 0 Å². The predicted molar refractivity (Wildman–Crippen MR) is 126 cm³/mol. The van der Waals surface area contributed by atoms with E-state index in [4.69, 9.17) is 4.74 Å². The molecule has 6 nitrogen and oxygen atoms in total. The molecule has 0 aromatic heterocycles. The first-order chi connectivity index (χ1) is 16.2. The van der Waals surface area contributed by atoms with Crippen LogP contribution in [0.5, 0.6) is 5.75 Å². The molecule has 9 heteroatoms. The number of carbonyl (C=O) groups excluding carboxylic acids is 1. The smallest absolute Gasteiger partial charge is 0.479 e. The van der Waals surface area contributed by atoms with Gasteiger partial charge in [-0.15, -0.1) is 13.2 Å². The number of halogens is 3. The van der Waals surface area contributed by atoms with Gasteiger partial charge >= 0.3 is 12.3 Å². The second kappa shape index (κ2) is 9.58. The predicted octanol–water partition coefficient (Wildman–Crippen LogP) is 6.61. The van der Waals surface area contributed by atoms with E-state index in [0.29, 0.717) is 27.6 Å². The van der Waals surface area contributed by atoms with Crippen LogP contribution < -0.4 is 10.1 Å². The van der Waals surface area contributed by atoms with Crippen molar-refractivity contribution in [1.29, 1.82) is 0 Å². The Balaban J connectivity index is 2.40. The summed E-state index contributed by atoms with van der Waals surface area (Å²) in [4.78, 5) is 24.3. The summed E-state index contributed by atoms with van der Waals surface area (Å²) >= 11 is 0. The summed E-state index contributed by atoms with van der Waals surface area (Å²) < 4.78 is 48.5. The first kappa shape index (κ1) is 26.0. The Hall–Kier alpha value is -3.59. The summed E-state index contributed by atoms with van der Waals surface area (Å²) in [6.45, 7) is 8.15. The van der Waals surface area contributed by atoms with E-state index in [1.165, 1.54) is 13.0 Å². The van der Waals surface area contributed by atoms with Gasteiger partial charge in [-0.05, 0) is 61.7 Å². The number of carboxylic acid groups (broad SMARTS) is 1. The van der Waals surface area contributed by atoms with Crippen LogP contribution in [0.25, 0.3) is 21.9 Å². The number of carbonyl (C=O) groups is 2. The van der Waals surface area contributed by atoms with Crippen LogP contribution in [0.15, 0.2) is 48.5 Å². The fourth-order valence-electron chi connectivity index (χ4n) is 3.95. The fourth-order valence-corrected chi connectivity index (χ4v) is 3.95. The number of amides is 1. The molecule has 2 N–H and O–H groups in total. The van der Waals surface area contributed by atoms with Gasteiger partial charge in [0.2, 0.25) is 5.91 Å². The molecule has 0 saturated heterocycles. The molecule has 0 bridgehead atoms. The highest BCUT2D eigenvalue weighted by Crippen LogP contribution is 2.44. The van der Waals surface area contributed by atoms with Gasteiger partial charge < -0.3 is 19.9 Å². The van der Waals surface area contributed by atoms with E-state index in [0.717, 1.165) is 17.5 Å². The lowest BCUT2D eigenvalue weighted by atomic mass is 9.86. The summed E-state index contributed by atoms with van der Waals surface area (Å²) in [7, 11) is 0. The van der Waals surface area contributed by atoms with Crippen LogP contribution in [0.1, 0.15) is 44.9 Å². The van der Waals surface area contributed by atoms with Gasteiger partial charge in [0, 0.05) is 24.1 Å². The molecular formula is C26H26F3NO5. The van der Waals surface area contributed by atoms with Crippen LogP contribution in [-0.2, 0) is 14.3 Å². The van der Waals surface area contributed by atoms with Crippen LogP contribution in [0.3, 0.4) is 0 Å². The van der Waals surface area contributed by atoms with Crippen LogP contribution >= 0.6 is 0 Å². The highest BCUT2D eigenvalue weighted by atomic mass is 19.4. The second-order valence-corrected chi connectivity index (χ2v) is 9.09. The number of aliphatic carboxylic acids is 1. The number of anilines is 1. The van der Waals surface area contributed by atoms with Gasteiger partial charge in [0.05, 0.1) is 11.3 Å². The number of benzene rings is 3. The molecule has 0 aliphatic rings. The Morgan fingerprint density at radius 2 is 1.69 bits per heavy atom. The molecule has 0 unspecified atom stereocenters. The summed E-state index contributed by atoms with van der Waals surface area (Å²) in [6.07, 6.45) is -6.31. The monoisotopic (exact) mass is 489 g/mol. The molecule has 0 aliphatic heterocycles. The molecule has 0 spiro atoms. The number of carboxylic acids is 1. The molecule has 3 aromatic rings. The van der Waals surface area contributed by atoms with Gasteiger partial charge in [0.1, 0.15) is 5.75 Å². The Morgan fingerprint density at radius 1 is 1.03 bits per heavy atom. The van der Waals surface area contributed by atoms with Crippen molar-refractivity contribution in [2.24, 2.45) is 0 Å². The molecule has 3 rings (SSSR count). The van der Waals surface area contributed by atoms with E-state index in [9.17, 15) is 27.9 Å². The lowest BCUT2D eigenvalue weighted by Crippen LogP contribution is -2.28. The van der Waals surface area contributed by atoms with Gasteiger partial charge in [-0.1, -0.05) is 30.3 Å². The lowest BCUT2D eigenvalue weighted by molar-refractivity contribution is -0.274. The van der Waals surface area contributed by atoms with E-state index in [2.05, 4.69) is 10.1 Å². The van der Waals surface area contributed by atoms with Crippen LogP contribution in [-0.4, -0.2) is 28.9 Å². The minimum Gasteiger partial charge on any atom is -0.479 e. The van der Waals surface area contributed by atoms with E-state index >= 15 is 0 Å². The lowest BCUT2D eigenvalue weighted by Gasteiger charge is -2.29. The highest BCUT2D eigenvalue weighted by molar-refractivity contribution is 6.05. The maximum atomic E-state index is 12.8. The molecular weight excluding hydrogens is 463 g/mol. The number of rotatable bonds is 6. The minimum absolute atomic E-state index is 0.0381. The first-order valence-electron chi connectivity index (χ1n) is 10.8. The first-order valence-corrected chi connectivity index (χ1v) is 10.8. The Labute approximate surface area is 200 Å². The van der Waals surface area contributed by atoms with Crippen LogP contribution in [0, 0.1) is 6.92 Å². The zero-order valence-electron chi connectivity index (χ0n) is 19.9. The molecule has 35 heavy (non-hydrogen) atoms. The molecule has 0 saturated carbocycles. The maximum absolute atomic E-state index is 12.8. The van der Waals surface area contributed by atoms with E-state index in [1.54, 1.807) is 39.8 Å². The topological polar surface area (TPSA) is 84.9 Å². The summed E-state index contributed by atoms with van der Waals surface area (Å²) in [5.41, 5.74) is 0.926. The molecule has 0 fully saturated rings. The average molecular weight is 489 g/mol. The molecule has 0 heterocycles. The van der Waals surface area contributed by atoms with Crippen molar-refractivity contribution in [2.75, 3.05) is 5.32 Å². The SMILES string of the molecule is CC(=O)Nc1cc(OC(F)(F)F)ccc1-c1c([C@H](OC(C)(C)C)C(=O)O)c(C)cc2ccccc12. The summed E-state index contributed by atoms with van der Waals surface area (Å²) in [5, 5.41) is 14.1. The fraction of sp³-hybridized carbons (Fsp3) is 0.308. The second-order valence-electron chi connectivity index (χ2n) is 9.09. The minimum atomic E-state index is -4.93. The number of alkyl halides is 3. The molecule has 3 aromatic carbocycles. The third-order valence-electron chi connectivity index (χ3n) is 5.06. The van der Waals surface area contributed by atoms with E-state index in [-0.39, 0.29) is 5.69 Å². The third-order valence-corrected chi connectivity index (χ3v) is 5.06. The van der Waals surface area contributed by atoms with Crippen molar-refractivity contribution >= 4 is 28.3 Å². The van der Waals surface area contributed by atoms with E-state index in [1.807, 2.05) is 18.2 Å². The maximum Gasteiger partial charge on any atom is 0.573 e. The number of fused-ring (bicyclic) bond motifs is 1. The molecule has 1 amide bonds. The number of hydrogen-bond donors (Lipinski definition) is 2. The molecule has 1 atom stereocenters. The van der Waals surface area contributed by atoms with E-state index < -0.39 is 35.7 Å². The van der Waals surface area contributed by atoms with Gasteiger partial charge in [0.15, 0.2) is 6.10 Å². The third kappa shape index (κ3) is 6.30. The number of ether oxygens (including phenoxy) is 2. The quantitative estimate of drug-likeness (QED) is 0.407. The van der Waals surface area contributed by atoms with Gasteiger partial charge in [-0.3, -0.25) is 4.79 Å². The van der Waals surface area contributed by atoms with Crippen LogP contribution in [0.4, 0.5) is 18.9 Å². The molecule has 0 aliphatic carbocycles. The molecule has 186 valence electrons. The average Bonchev–Trinajstić information content (AvgIpc) is 2.69. The van der Waals surface area contributed by atoms with Gasteiger partial charge in [-0.25, -0.2) is 4.79 Å². The Morgan fingerprint density at radius 3 is 2.26 bits per heavy atom. The van der Waals surface area contributed by atoms with Crippen molar-refractivity contribution < 1.29 is 37.3 Å². The van der Waals surface area contributed by atoms with Crippen LogP contribution in [0.2, 0.25) is 0 Å². The van der Waals surface area contributed by atoms with Crippen molar-refractivity contribution in [3.05, 3.63) is 59.7 Å². The standard InChI is InChI=1S/C26H26F3NO5/c1-14-12-16-8-6-7-9-18(16)22(21(14)23(24(32)33)35-25(3,4)5)19-11-10-17(34-26(27,28)29)13-20(19)30-15(2)31/h6-13,23H,1-5H3,(H,30,31)(H,32,33)/t23-/m0/s1. The largest absolute Gasteiger partial charge is 0.573 e. The Bertz CT molecular complexity index is 1280. The molecule has 0 radical (unpaired) electrons. The zero-order valence-corrected chi connectivity index (χ0v) is 19.9. The van der Waals surface area contributed by atoms with Gasteiger partial charge in [0.25, 0.3) is 0 Å². The van der Waals surface area contributed by atoms with Gasteiger partial charge in [-0.2, -0.15) is 0 Å². The summed E-state index contributed by atoms with van der Waals surface area (Å²) in [6, 6.07) is 12.6. The normalized spacial score (nSPS) is 12.9. The summed E-state index contributed by atoms with van der Waals surface area (Å²) in [5.74, 6) is -2.27. The highest BCUT2D eigenvalue weighted by Gasteiger charge is 2.33. The van der Waals surface area contributed by atoms with Crippen molar-refractivity contribution in [3.8, 4) is 16.9 Å². The number of hydrogen-bond acceptors (Lipinski definition) is 4. The number of nitrogens with one attached hydrogen (secondary N) is 1. The Kier molecular flexibility index (Phi) is 7.12. The zero-order chi connectivity index (χ0) is 26.1.